The van der Waals surface area contributed by atoms with Crippen molar-refractivity contribution in [2.24, 2.45) is 0 Å². The van der Waals surface area contributed by atoms with E-state index >= 15 is 0 Å². The second-order valence-electron chi connectivity index (χ2n) is 5.82. The van der Waals surface area contributed by atoms with Gasteiger partial charge in [-0.15, -0.1) is 0 Å². The smallest absolute Gasteiger partial charge is 0.319 e. The summed E-state index contributed by atoms with van der Waals surface area (Å²) in [5.41, 5.74) is 2.79. The predicted molar refractivity (Wildman–Crippen MR) is 95.2 cm³/mol. The zero-order chi connectivity index (χ0) is 16.9. The predicted octanol–water partition coefficient (Wildman–Crippen LogP) is 3.18. The van der Waals surface area contributed by atoms with E-state index in [1.54, 1.807) is 4.90 Å². The van der Waals surface area contributed by atoms with E-state index < -0.39 is 6.04 Å². The number of aryl methyl sites for hydroxylation is 1. The van der Waals surface area contributed by atoms with Gasteiger partial charge in [-0.2, -0.15) is 0 Å². The second kappa shape index (κ2) is 7.17. The molecule has 0 aromatic heterocycles. The lowest BCUT2D eigenvalue weighted by Crippen LogP contribution is -2.43. The quantitative estimate of drug-likeness (QED) is 0.908. The first-order chi connectivity index (χ1) is 11.7. The molecule has 0 radical (unpaired) electrons. The molecule has 24 heavy (non-hydrogen) atoms. The van der Waals surface area contributed by atoms with Crippen LogP contribution in [0.15, 0.2) is 54.6 Å². The van der Waals surface area contributed by atoms with Crippen LogP contribution in [0.25, 0.3) is 0 Å². The third-order valence-electron chi connectivity index (χ3n) is 4.20. The van der Waals surface area contributed by atoms with Crippen LogP contribution in [0, 0.1) is 0 Å². The highest BCUT2D eigenvalue weighted by molar-refractivity contribution is 6.02. The van der Waals surface area contributed by atoms with Crippen molar-refractivity contribution in [2.75, 3.05) is 16.8 Å². The van der Waals surface area contributed by atoms with Crippen LogP contribution in [0.2, 0.25) is 0 Å². The van der Waals surface area contributed by atoms with E-state index in [1.807, 2.05) is 54.6 Å². The zero-order valence-corrected chi connectivity index (χ0v) is 13.7. The van der Waals surface area contributed by atoms with E-state index in [1.165, 1.54) is 5.56 Å². The molecule has 2 aromatic carbocycles. The lowest BCUT2D eigenvalue weighted by atomic mass is 10.1. The highest BCUT2D eigenvalue weighted by Crippen LogP contribution is 2.21. The van der Waals surface area contributed by atoms with Crippen molar-refractivity contribution in [3.8, 4) is 0 Å². The van der Waals surface area contributed by atoms with Crippen molar-refractivity contribution in [1.29, 1.82) is 0 Å². The van der Waals surface area contributed by atoms with E-state index in [-0.39, 0.29) is 11.9 Å². The van der Waals surface area contributed by atoms with Crippen LogP contribution in [0.5, 0.6) is 0 Å². The minimum absolute atomic E-state index is 0.0716. The van der Waals surface area contributed by atoms with E-state index in [0.717, 1.165) is 17.8 Å². The monoisotopic (exact) mass is 323 g/mol. The summed E-state index contributed by atoms with van der Waals surface area (Å²) >= 11 is 0. The number of hydrogen-bond acceptors (Lipinski definition) is 2. The second-order valence-corrected chi connectivity index (χ2v) is 5.82. The molecule has 1 atom stereocenters. The molecule has 0 aliphatic carbocycles. The molecule has 3 rings (SSSR count). The number of amides is 3. The Morgan fingerprint density at radius 1 is 1.12 bits per heavy atom. The Bertz CT molecular complexity index is 713. The SMILES string of the molecule is CCc1ccc(NC(=O)N[C@@H]2CCN(c3ccccc3)C2=O)cc1. The fourth-order valence-corrected chi connectivity index (χ4v) is 2.83. The van der Waals surface area contributed by atoms with Gasteiger partial charge >= 0.3 is 6.03 Å². The third-order valence-corrected chi connectivity index (χ3v) is 4.20. The summed E-state index contributed by atoms with van der Waals surface area (Å²) in [5, 5.41) is 5.54. The molecule has 3 amide bonds. The van der Waals surface area contributed by atoms with Gasteiger partial charge in [0.2, 0.25) is 5.91 Å². The summed E-state index contributed by atoms with van der Waals surface area (Å²) in [7, 11) is 0. The number of urea groups is 1. The maximum atomic E-state index is 12.5. The molecular weight excluding hydrogens is 302 g/mol. The van der Waals surface area contributed by atoms with Crippen LogP contribution < -0.4 is 15.5 Å². The van der Waals surface area contributed by atoms with Gasteiger partial charge in [-0.05, 0) is 42.7 Å². The van der Waals surface area contributed by atoms with Crippen molar-refractivity contribution in [3.63, 3.8) is 0 Å². The van der Waals surface area contributed by atoms with E-state index in [4.69, 9.17) is 0 Å². The number of nitrogens with one attached hydrogen (secondary N) is 2. The first kappa shape index (κ1) is 16.1. The molecule has 0 saturated carbocycles. The van der Waals surface area contributed by atoms with Crippen LogP contribution >= 0.6 is 0 Å². The number of carbonyl (C=O) groups excluding carboxylic acids is 2. The zero-order valence-electron chi connectivity index (χ0n) is 13.7. The largest absolute Gasteiger partial charge is 0.326 e. The molecule has 0 unspecified atom stereocenters. The number of rotatable bonds is 4. The van der Waals surface area contributed by atoms with Gasteiger partial charge in [-0.25, -0.2) is 4.79 Å². The average Bonchev–Trinajstić information content (AvgIpc) is 2.97. The number of carbonyl (C=O) groups is 2. The van der Waals surface area contributed by atoms with Crippen LogP contribution in [0.3, 0.4) is 0 Å². The van der Waals surface area contributed by atoms with Crippen LogP contribution in [-0.4, -0.2) is 24.5 Å². The molecule has 1 aliphatic heterocycles. The lowest BCUT2D eigenvalue weighted by Gasteiger charge is -2.17. The summed E-state index contributed by atoms with van der Waals surface area (Å²) in [4.78, 5) is 26.3. The Labute approximate surface area is 141 Å². The molecule has 1 fully saturated rings. The molecule has 5 heteroatoms. The van der Waals surface area contributed by atoms with Gasteiger partial charge in [0.05, 0.1) is 0 Å². The van der Waals surface area contributed by atoms with Crippen molar-refractivity contribution in [1.82, 2.24) is 5.32 Å². The highest BCUT2D eigenvalue weighted by Gasteiger charge is 2.33. The van der Waals surface area contributed by atoms with Crippen LogP contribution in [-0.2, 0) is 11.2 Å². The minimum atomic E-state index is -0.486. The van der Waals surface area contributed by atoms with Gasteiger partial charge in [0.25, 0.3) is 0 Å². The number of benzene rings is 2. The van der Waals surface area contributed by atoms with Crippen LogP contribution in [0.1, 0.15) is 18.9 Å². The molecule has 124 valence electrons. The maximum Gasteiger partial charge on any atom is 0.319 e. The Kier molecular flexibility index (Phi) is 4.79. The summed E-state index contributed by atoms with van der Waals surface area (Å²) < 4.78 is 0. The molecular formula is C19H21N3O2. The summed E-state index contributed by atoms with van der Waals surface area (Å²) in [6, 6.07) is 16.4. The Morgan fingerprint density at radius 3 is 2.50 bits per heavy atom. The van der Waals surface area contributed by atoms with Crippen molar-refractivity contribution in [2.45, 2.75) is 25.8 Å². The number of anilines is 2. The van der Waals surface area contributed by atoms with Gasteiger partial charge in [0.1, 0.15) is 6.04 Å². The molecule has 1 heterocycles. The topological polar surface area (TPSA) is 61.4 Å². The van der Waals surface area contributed by atoms with Crippen molar-refractivity contribution in [3.05, 3.63) is 60.2 Å². The van der Waals surface area contributed by atoms with Crippen LogP contribution in [0.4, 0.5) is 16.2 Å². The van der Waals surface area contributed by atoms with E-state index in [0.29, 0.717) is 13.0 Å². The van der Waals surface area contributed by atoms with Crippen molar-refractivity contribution >= 4 is 23.3 Å². The number of hydrogen-bond donors (Lipinski definition) is 2. The number of para-hydroxylation sites is 1. The molecule has 2 N–H and O–H groups in total. The third kappa shape index (κ3) is 3.56. The first-order valence-electron chi connectivity index (χ1n) is 8.20. The highest BCUT2D eigenvalue weighted by atomic mass is 16.2. The Balaban J connectivity index is 1.58. The molecule has 5 nitrogen and oxygen atoms in total. The fraction of sp³-hybridized carbons (Fsp3) is 0.263. The standard InChI is InChI=1S/C19H21N3O2/c1-2-14-8-10-15(11-9-14)20-19(24)21-17-12-13-22(18(17)23)16-6-4-3-5-7-16/h3-11,17H,2,12-13H2,1H3,(H2,20,21,24)/t17-/m1/s1. The van der Waals surface area contributed by atoms with Gasteiger partial charge in [-0.3, -0.25) is 4.79 Å². The van der Waals surface area contributed by atoms with E-state index in [2.05, 4.69) is 17.6 Å². The van der Waals surface area contributed by atoms with Crippen molar-refractivity contribution < 1.29 is 9.59 Å². The molecule has 0 bridgehead atoms. The molecule has 1 aliphatic rings. The molecule has 1 saturated heterocycles. The van der Waals surface area contributed by atoms with Gasteiger partial charge in [0.15, 0.2) is 0 Å². The number of nitrogens with zero attached hydrogens (tertiary/aromatic N) is 1. The average molecular weight is 323 g/mol. The summed E-state index contributed by atoms with van der Waals surface area (Å²) in [6.45, 7) is 2.69. The molecule has 2 aromatic rings. The normalized spacial score (nSPS) is 17.0. The lowest BCUT2D eigenvalue weighted by molar-refractivity contribution is -0.118. The first-order valence-corrected chi connectivity index (χ1v) is 8.20. The van der Waals surface area contributed by atoms with E-state index in [9.17, 15) is 9.59 Å². The fourth-order valence-electron chi connectivity index (χ4n) is 2.83. The Hall–Kier alpha value is -2.82. The Morgan fingerprint density at radius 2 is 1.83 bits per heavy atom. The van der Waals surface area contributed by atoms with Gasteiger partial charge in [-0.1, -0.05) is 37.3 Å². The summed E-state index contributed by atoms with van der Waals surface area (Å²) in [5.74, 6) is -0.0716. The van der Waals surface area contributed by atoms with Gasteiger partial charge in [0, 0.05) is 17.9 Å². The summed E-state index contributed by atoms with van der Waals surface area (Å²) in [6.07, 6.45) is 1.56. The maximum absolute atomic E-state index is 12.5. The minimum Gasteiger partial charge on any atom is -0.326 e. The molecule has 0 spiro atoms. The van der Waals surface area contributed by atoms with Gasteiger partial charge < -0.3 is 15.5 Å².